The Hall–Kier alpha value is -1.02. The second kappa shape index (κ2) is 6.65. The number of hydrogen-bond acceptors (Lipinski definition) is 2. The Bertz CT molecular complexity index is 345. The Morgan fingerprint density at radius 1 is 1.18 bits per heavy atom. The normalized spacial score (nSPS) is 11.2. The molecular formula is C15H25NO. The van der Waals surface area contributed by atoms with Crippen molar-refractivity contribution in [2.45, 2.75) is 40.0 Å². The Morgan fingerprint density at radius 3 is 2.41 bits per heavy atom. The maximum atomic E-state index is 5.86. The summed E-state index contributed by atoms with van der Waals surface area (Å²) in [7, 11) is 0. The molecule has 96 valence electrons. The molecule has 0 amide bonds. The lowest BCUT2D eigenvalue weighted by molar-refractivity contribution is 0.267. The van der Waals surface area contributed by atoms with E-state index in [2.05, 4.69) is 45.9 Å². The van der Waals surface area contributed by atoms with E-state index in [1.54, 1.807) is 0 Å². The predicted octanol–water partition coefficient (Wildman–Crippen LogP) is 3.35. The molecular weight excluding hydrogens is 210 g/mol. The highest BCUT2D eigenvalue weighted by atomic mass is 16.5. The van der Waals surface area contributed by atoms with Gasteiger partial charge in [-0.3, -0.25) is 0 Å². The summed E-state index contributed by atoms with van der Waals surface area (Å²) in [6, 6.07) is 6.43. The molecule has 0 fully saturated rings. The van der Waals surface area contributed by atoms with Crippen molar-refractivity contribution in [3.8, 4) is 5.75 Å². The summed E-state index contributed by atoms with van der Waals surface area (Å²) in [5.41, 5.74) is 8.18. The molecule has 0 heterocycles. The van der Waals surface area contributed by atoms with E-state index in [0.717, 1.165) is 18.8 Å². The van der Waals surface area contributed by atoms with Gasteiger partial charge in [0.25, 0.3) is 0 Å². The fraction of sp³-hybridized carbons (Fsp3) is 0.600. The third-order valence-electron chi connectivity index (χ3n) is 2.70. The van der Waals surface area contributed by atoms with E-state index in [9.17, 15) is 0 Å². The van der Waals surface area contributed by atoms with Gasteiger partial charge in [-0.2, -0.15) is 0 Å². The molecule has 0 aromatic heterocycles. The molecule has 17 heavy (non-hydrogen) atoms. The SMILES string of the molecule is CC(C)COc1ccc(CCN)cc1C(C)C. The Balaban J connectivity index is 2.88. The summed E-state index contributed by atoms with van der Waals surface area (Å²) < 4.78 is 5.86. The first-order valence-electron chi connectivity index (χ1n) is 6.50. The molecule has 1 rings (SSSR count). The number of ether oxygens (including phenoxy) is 1. The molecule has 0 unspecified atom stereocenters. The summed E-state index contributed by atoms with van der Waals surface area (Å²) in [4.78, 5) is 0. The van der Waals surface area contributed by atoms with E-state index in [1.165, 1.54) is 11.1 Å². The summed E-state index contributed by atoms with van der Waals surface area (Å²) in [6.07, 6.45) is 0.935. The Morgan fingerprint density at radius 2 is 1.88 bits per heavy atom. The van der Waals surface area contributed by atoms with Crippen molar-refractivity contribution in [1.82, 2.24) is 0 Å². The standard InChI is InChI=1S/C15H25NO/c1-11(2)10-17-15-6-5-13(7-8-16)9-14(15)12(3)4/h5-6,9,11-12H,7-8,10,16H2,1-4H3. The lowest BCUT2D eigenvalue weighted by Crippen LogP contribution is -2.08. The lowest BCUT2D eigenvalue weighted by atomic mass is 9.98. The maximum absolute atomic E-state index is 5.86. The van der Waals surface area contributed by atoms with Gasteiger partial charge in [-0.25, -0.2) is 0 Å². The first kappa shape index (κ1) is 14.0. The highest BCUT2D eigenvalue weighted by Gasteiger charge is 2.09. The Labute approximate surface area is 105 Å². The average Bonchev–Trinajstić information content (AvgIpc) is 2.27. The molecule has 1 aromatic carbocycles. The van der Waals surface area contributed by atoms with Crippen LogP contribution in [0, 0.1) is 5.92 Å². The van der Waals surface area contributed by atoms with Crippen molar-refractivity contribution in [2.24, 2.45) is 11.7 Å². The highest BCUT2D eigenvalue weighted by molar-refractivity contribution is 5.39. The molecule has 1 aromatic rings. The number of benzene rings is 1. The van der Waals surface area contributed by atoms with Gasteiger partial charge in [-0.05, 0) is 42.0 Å². The molecule has 0 aliphatic heterocycles. The summed E-state index contributed by atoms with van der Waals surface area (Å²) in [5.74, 6) is 2.06. The molecule has 0 bridgehead atoms. The zero-order valence-electron chi connectivity index (χ0n) is 11.5. The molecule has 2 N–H and O–H groups in total. The van der Waals surface area contributed by atoms with Gasteiger partial charge in [0.15, 0.2) is 0 Å². The molecule has 0 saturated heterocycles. The van der Waals surface area contributed by atoms with Crippen LogP contribution in [0.15, 0.2) is 18.2 Å². The maximum Gasteiger partial charge on any atom is 0.122 e. The first-order chi connectivity index (χ1) is 8.04. The van der Waals surface area contributed by atoms with Crippen LogP contribution < -0.4 is 10.5 Å². The van der Waals surface area contributed by atoms with Crippen LogP contribution in [0.25, 0.3) is 0 Å². The zero-order valence-corrected chi connectivity index (χ0v) is 11.5. The van der Waals surface area contributed by atoms with Crippen LogP contribution >= 0.6 is 0 Å². The van der Waals surface area contributed by atoms with Crippen LogP contribution in [-0.2, 0) is 6.42 Å². The summed E-state index contributed by atoms with van der Waals surface area (Å²) in [6.45, 7) is 10.2. The molecule has 0 aliphatic carbocycles. The smallest absolute Gasteiger partial charge is 0.122 e. The third-order valence-corrected chi connectivity index (χ3v) is 2.70. The molecule has 2 heteroatoms. The van der Waals surface area contributed by atoms with E-state index >= 15 is 0 Å². The first-order valence-corrected chi connectivity index (χ1v) is 6.50. The van der Waals surface area contributed by atoms with Gasteiger partial charge in [-0.15, -0.1) is 0 Å². The molecule has 0 saturated carbocycles. The van der Waals surface area contributed by atoms with Crippen molar-refractivity contribution in [3.63, 3.8) is 0 Å². The fourth-order valence-electron chi connectivity index (χ4n) is 1.76. The minimum Gasteiger partial charge on any atom is -0.493 e. The quantitative estimate of drug-likeness (QED) is 0.820. The number of hydrogen-bond donors (Lipinski definition) is 1. The van der Waals surface area contributed by atoms with E-state index in [1.807, 2.05) is 0 Å². The average molecular weight is 235 g/mol. The minimum atomic E-state index is 0.481. The number of nitrogens with two attached hydrogens (primary N) is 1. The monoisotopic (exact) mass is 235 g/mol. The van der Waals surface area contributed by atoms with Crippen LogP contribution in [0.4, 0.5) is 0 Å². The van der Waals surface area contributed by atoms with Crippen molar-refractivity contribution in [3.05, 3.63) is 29.3 Å². The van der Waals surface area contributed by atoms with Gasteiger partial charge < -0.3 is 10.5 Å². The predicted molar refractivity (Wildman–Crippen MR) is 73.6 cm³/mol. The van der Waals surface area contributed by atoms with Crippen LogP contribution in [0.3, 0.4) is 0 Å². The van der Waals surface area contributed by atoms with Crippen LogP contribution in [0.1, 0.15) is 44.7 Å². The van der Waals surface area contributed by atoms with Gasteiger partial charge >= 0.3 is 0 Å². The van der Waals surface area contributed by atoms with Gasteiger partial charge in [0.1, 0.15) is 5.75 Å². The van der Waals surface area contributed by atoms with Crippen molar-refractivity contribution in [1.29, 1.82) is 0 Å². The molecule has 0 aliphatic rings. The van der Waals surface area contributed by atoms with Gasteiger partial charge in [0.05, 0.1) is 6.61 Å². The van der Waals surface area contributed by atoms with Crippen molar-refractivity contribution < 1.29 is 4.74 Å². The van der Waals surface area contributed by atoms with Gasteiger partial charge in [-0.1, -0.05) is 39.8 Å². The van der Waals surface area contributed by atoms with E-state index in [4.69, 9.17) is 10.5 Å². The zero-order chi connectivity index (χ0) is 12.8. The van der Waals surface area contributed by atoms with Crippen LogP contribution in [0.5, 0.6) is 5.75 Å². The molecule has 0 spiro atoms. The lowest BCUT2D eigenvalue weighted by Gasteiger charge is -2.16. The summed E-state index contributed by atoms with van der Waals surface area (Å²) in [5, 5.41) is 0. The third kappa shape index (κ3) is 4.39. The van der Waals surface area contributed by atoms with Crippen molar-refractivity contribution in [2.75, 3.05) is 13.2 Å². The van der Waals surface area contributed by atoms with E-state index in [-0.39, 0.29) is 0 Å². The molecule has 0 atom stereocenters. The van der Waals surface area contributed by atoms with E-state index in [0.29, 0.717) is 18.4 Å². The summed E-state index contributed by atoms with van der Waals surface area (Å²) >= 11 is 0. The van der Waals surface area contributed by atoms with Gasteiger partial charge in [0, 0.05) is 0 Å². The highest BCUT2D eigenvalue weighted by Crippen LogP contribution is 2.28. The van der Waals surface area contributed by atoms with Crippen LogP contribution in [-0.4, -0.2) is 13.2 Å². The topological polar surface area (TPSA) is 35.2 Å². The second-order valence-electron chi connectivity index (χ2n) is 5.27. The van der Waals surface area contributed by atoms with E-state index < -0.39 is 0 Å². The molecule has 2 nitrogen and oxygen atoms in total. The number of rotatable bonds is 6. The minimum absolute atomic E-state index is 0.481. The second-order valence-corrected chi connectivity index (χ2v) is 5.27. The van der Waals surface area contributed by atoms with Crippen molar-refractivity contribution >= 4 is 0 Å². The fourth-order valence-corrected chi connectivity index (χ4v) is 1.76. The molecule has 0 radical (unpaired) electrons. The largest absolute Gasteiger partial charge is 0.493 e. The van der Waals surface area contributed by atoms with Gasteiger partial charge in [0.2, 0.25) is 0 Å². The van der Waals surface area contributed by atoms with Crippen LogP contribution in [0.2, 0.25) is 0 Å². The Kier molecular flexibility index (Phi) is 5.49.